The summed E-state index contributed by atoms with van der Waals surface area (Å²) in [6.45, 7) is 1.17. The lowest BCUT2D eigenvalue weighted by molar-refractivity contribution is 0.263. The highest BCUT2D eigenvalue weighted by Gasteiger charge is 2.26. The second kappa shape index (κ2) is 8.04. The summed E-state index contributed by atoms with van der Waals surface area (Å²) in [7, 11) is -3.66. The molecule has 1 aliphatic heterocycles. The minimum atomic E-state index is -3.66. The highest BCUT2D eigenvalue weighted by Crippen LogP contribution is 2.32. The maximum Gasteiger partial charge on any atom is 0.243 e. The minimum Gasteiger partial charge on any atom is -0.491 e. The Kier molecular flexibility index (Phi) is 5.32. The van der Waals surface area contributed by atoms with E-state index in [4.69, 9.17) is 9.47 Å². The van der Waals surface area contributed by atoms with Gasteiger partial charge in [-0.2, -0.15) is 0 Å². The molecular weight excluding hydrogens is 374 g/mol. The van der Waals surface area contributed by atoms with Crippen LogP contribution >= 0.6 is 0 Å². The fourth-order valence-corrected chi connectivity index (χ4v) is 4.56. The average Bonchev–Trinajstić information content (AvgIpc) is 3.52. The molecule has 0 saturated carbocycles. The van der Waals surface area contributed by atoms with Gasteiger partial charge in [0.05, 0.1) is 23.7 Å². The molecule has 0 aliphatic carbocycles. The standard InChI is InChI=1S/C22H21NO4S/c24-28(25,17-18-8-3-1-4-9-18)23(19-10-5-2-6-11-19)20-12-7-13-21(14-20)26-15-22-16-27-22/h1-14,22H,15-17H2. The van der Waals surface area contributed by atoms with E-state index in [2.05, 4.69) is 0 Å². The molecule has 6 heteroatoms. The molecule has 3 aromatic rings. The zero-order chi connectivity index (χ0) is 19.4. The van der Waals surface area contributed by atoms with Gasteiger partial charge in [0.1, 0.15) is 18.5 Å². The summed E-state index contributed by atoms with van der Waals surface area (Å²) < 4.78 is 39.0. The Morgan fingerprint density at radius 3 is 2.21 bits per heavy atom. The number of ether oxygens (including phenoxy) is 2. The van der Waals surface area contributed by atoms with E-state index in [-0.39, 0.29) is 11.9 Å². The van der Waals surface area contributed by atoms with Crippen molar-refractivity contribution in [2.75, 3.05) is 17.5 Å². The number of hydrogen-bond donors (Lipinski definition) is 0. The Bertz CT molecular complexity index is 1020. The van der Waals surface area contributed by atoms with E-state index in [1.165, 1.54) is 4.31 Å². The van der Waals surface area contributed by atoms with E-state index in [0.29, 0.717) is 30.3 Å². The number of rotatable bonds is 8. The van der Waals surface area contributed by atoms with Gasteiger partial charge < -0.3 is 9.47 Å². The zero-order valence-electron chi connectivity index (χ0n) is 15.3. The molecule has 0 aromatic heterocycles. The summed E-state index contributed by atoms with van der Waals surface area (Å²) in [4.78, 5) is 0. The normalized spacial score (nSPS) is 15.8. The number of hydrogen-bond acceptors (Lipinski definition) is 4. The fourth-order valence-electron chi connectivity index (χ4n) is 2.94. The highest BCUT2D eigenvalue weighted by atomic mass is 32.2. The molecule has 1 unspecified atom stereocenters. The Balaban J connectivity index is 1.68. The van der Waals surface area contributed by atoms with Gasteiger partial charge in [0.2, 0.25) is 10.0 Å². The van der Waals surface area contributed by atoms with Crippen molar-refractivity contribution in [2.24, 2.45) is 0 Å². The number of epoxide rings is 1. The molecule has 0 N–H and O–H groups in total. The first-order valence-corrected chi connectivity index (χ1v) is 10.7. The predicted molar refractivity (Wildman–Crippen MR) is 109 cm³/mol. The molecular formula is C22H21NO4S. The topological polar surface area (TPSA) is 59.1 Å². The van der Waals surface area contributed by atoms with Gasteiger partial charge in [-0.25, -0.2) is 12.7 Å². The molecule has 144 valence electrons. The molecule has 1 heterocycles. The van der Waals surface area contributed by atoms with Crippen LogP contribution in [0.3, 0.4) is 0 Å². The van der Waals surface area contributed by atoms with Crippen LogP contribution in [0.25, 0.3) is 0 Å². The van der Waals surface area contributed by atoms with E-state index in [1.807, 2.05) is 54.6 Å². The zero-order valence-corrected chi connectivity index (χ0v) is 16.1. The summed E-state index contributed by atoms with van der Waals surface area (Å²) in [5.74, 6) is 0.521. The molecule has 1 fully saturated rings. The Hall–Kier alpha value is -2.83. The van der Waals surface area contributed by atoms with Gasteiger partial charge >= 0.3 is 0 Å². The predicted octanol–water partition coefficient (Wildman–Crippen LogP) is 4.13. The van der Waals surface area contributed by atoms with Crippen molar-refractivity contribution >= 4 is 21.4 Å². The first-order chi connectivity index (χ1) is 13.6. The quantitative estimate of drug-likeness (QED) is 0.538. The second-order valence-corrected chi connectivity index (χ2v) is 8.42. The third kappa shape index (κ3) is 4.52. The lowest BCUT2D eigenvalue weighted by atomic mass is 10.2. The summed E-state index contributed by atoms with van der Waals surface area (Å²) >= 11 is 0. The van der Waals surface area contributed by atoms with E-state index in [9.17, 15) is 8.42 Å². The van der Waals surface area contributed by atoms with Gasteiger partial charge in [-0.3, -0.25) is 0 Å². The van der Waals surface area contributed by atoms with Gasteiger partial charge in [0.15, 0.2) is 0 Å². The van der Waals surface area contributed by atoms with Gasteiger partial charge in [0, 0.05) is 6.07 Å². The number of sulfonamides is 1. The van der Waals surface area contributed by atoms with Crippen LogP contribution in [0.15, 0.2) is 84.9 Å². The number of benzene rings is 3. The minimum absolute atomic E-state index is 0.0935. The maximum atomic E-state index is 13.4. The van der Waals surface area contributed by atoms with Crippen LogP contribution in [0.5, 0.6) is 5.75 Å². The first kappa shape index (κ1) is 18.5. The van der Waals surface area contributed by atoms with Gasteiger partial charge in [-0.1, -0.05) is 54.6 Å². The van der Waals surface area contributed by atoms with Gasteiger partial charge in [0.25, 0.3) is 0 Å². The molecule has 1 aliphatic rings. The Morgan fingerprint density at radius 2 is 1.54 bits per heavy atom. The van der Waals surface area contributed by atoms with E-state index < -0.39 is 10.0 Å². The molecule has 4 rings (SSSR count). The van der Waals surface area contributed by atoms with Crippen molar-refractivity contribution in [1.82, 2.24) is 0 Å². The van der Waals surface area contributed by atoms with Crippen molar-refractivity contribution in [2.45, 2.75) is 11.9 Å². The number of nitrogens with zero attached hydrogens (tertiary/aromatic N) is 1. The molecule has 28 heavy (non-hydrogen) atoms. The molecule has 1 atom stereocenters. The van der Waals surface area contributed by atoms with E-state index in [0.717, 1.165) is 5.56 Å². The summed E-state index contributed by atoms with van der Waals surface area (Å²) in [6, 6.07) is 25.4. The van der Waals surface area contributed by atoms with Crippen LogP contribution in [0.4, 0.5) is 11.4 Å². The Morgan fingerprint density at radius 1 is 0.893 bits per heavy atom. The monoisotopic (exact) mass is 395 g/mol. The fraction of sp³-hybridized carbons (Fsp3) is 0.182. The molecule has 0 amide bonds. The van der Waals surface area contributed by atoms with E-state index in [1.54, 1.807) is 30.3 Å². The highest BCUT2D eigenvalue weighted by molar-refractivity contribution is 7.92. The van der Waals surface area contributed by atoms with Crippen molar-refractivity contribution in [3.05, 3.63) is 90.5 Å². The van der Waals surface area contributed by atoms with Crippen LogP contribution < -0.4 is 9.04 Å². The van der Waals surface area contributed by atoms with Crippen molar-refractivity contribution in [3.63, 3.8) is 0 Å². The van der Waals surface area contributed by atoms with Crippen LogP contribution in [-0.4, -0.2) is 27.7 Å². The molecule has 1 saturated heterocycles. The van der Waals surface area contributed by atoms with Crippen LogP contribution in [0.1, 0.15) is 5.56 Å². The van der Waals surface area contributed by atoms with Crippen molar-refractivity contribution < 1.29 is 17.9 Å². The third-order valence-electron chi connectivity index (χ3n) is 4.35. The van der Waals surface area contributed by atoms with Crippen molar-refractivity contribution in [1.29, 1.82) is 0 Å². The largest absolute Gasteiger partial charge is 0.491 e. The lowest BCUT2D eigenvalue weighted by Gasteiger charge is -2.25. The molecule has 0 radical (unpaired) electrons. The van der Waals surface area contributed by atoms with E-state index >= 15 is 0 Å². The summed E-state index contributed by atoms with van der Waals surface area (Å²) in [5, 5.41) is 0. The maximum absolute atomic E-state index is 13.4. The smallest absolute Gasteiger partial charge is 0.243 e. The Labute approximate surface area is 165 Å². The number of para-hydroxylation sites is 1. The third-order valence-corrected chi connectivity index (χ3v) is 6.03. The van der Waals surface area contributed by atoms with Gasteiger partial charge in [-0.05, 0) is 29.8 Å². The number of anilines is 2. The molecule has 0 bridgehead atoms. The first-order valence-electron chi connectivity index (χ1n) is 9.08. The average molecular weight is 395 g/mol. The second-order valence-electron chi connectivity index (χ2n) is 6.61. The van der Waals surface area contributed by atoms with Gasteiger partial charge in [-0.15, -0.1) is 0 Å². The van der Waals surface area contributed by atoms with Crippen molar-refractivity contribution in [3.8, 4) is 5.75 Å². The molecule has 0 spiro atoms. The van der Waals surface area contributed by atoms with Crippen LogP contribution in [-0.2, 0) is 20.5 Å². The van der Waals surface area contributed by atoms with Crippen LogP contribution in [0.2, 0.25) is 0 Å². The lowest BCUT2D eigenvalue weighted by Crippen LogP contribution is -2.27. The summed E-state index contributed by atoms with van der Waals surface area (Å²) in [5.41, 5.74) is 1.86. The molecule has 3 aromatic carbocycles. The van der Waals surface area contributed by atoms with Crippen LogP contribution in [0, 0.1) is 0 Å². The molecule has 5 nitrogen and oxygen atoms in total. The summed E-state index contributed by atoms with van der Waals surface area (Å²) in [6.07, 6.45) is 0.135. The SMILES string of the molecule is O=S(=O)(Cc1ccccc1)N(c1ccccc1)c1cccc(OCC2CO2)c1.